The maximum atomic E-state index is 11.8. The maximum Gasteiger partial charge on any atom is 0.315 e. The molecule has 0 atom stereocenters. The average molecular weight is 244 g/mol. The third kappa shape index (κ3) is 1.52. The zero-order valence-electron chi connectivity index (χ0n) is 10.2. The molecule has 2 aromatic heterocycles. The van der Waals surface area contributed by atoms with Gasteiger partial charge in [0.25, 0.3) is 0 Å². The van der Waals surface area contributed by atoms with Crippen LogP contribution in [0.4, 0.5) is 0 Å². The second kappa shape index (κ2) is 4.12. The second-order valence-corrected chi connectivity index (χ2v) is 5.02. The van der Waals surface area contributed by atoms with E-state index in [1.54, 1.807) is 6.20 Å². The number of carboxylic acids is 1. The van der Waals surface area contributed by atoms with Gasteiger partial charge in [0.1, 0.15) is 11.1 Å². The summed E-state index contributed by atoms with van der Waals surface area (Å²) in [5.41, 5.74) is 0.892. The number of fused-ring (bicyclic) bond motifs is 1. The van der Waals surface area contributed by atoms with Gasteiger partial charge in [0.05, 0.1) is 11.9 Å². The summed E-state index contributed by atoms with van der Waals surface area (Å²) in [4.78, 5) is 16.1. The number of imidazole rings is 1. The number of carbonyl (C=O) groups is 1. The summed E-state index contributed by atoms with van der Waals surface area (Å²) in [5.74, 6) is -0.715. The lowest BCUT2D eigenvalue weighted by Crippen LogP contribution is -2.38. The van der Waals surface area contributed by atoms with Crippen LogP contribution < -0.4 is 0 Å². The van der Waals surface area contributed by atoms with Gasteiger partial charge in [-0.1, -0.05) is 25.3 Å². The lowest BCUT2D eigenvalue weighted by molar-refractivity contribution is -0.145. The molecule has 94 valence electrons. The highest BCUT2D eigenvalue weighted by molar-refractivity contribution is 5.81. The first kappa shape index (κ1) is 11.3. The average Bonchev–Trinajstić information content (AvgIpc) is 2.83. The molecule has 0 radical (unpaired) electrons. The molecule has 0 amide bonds. The Kier molecular flexibility index (Phi) is 2.58. The Labute approximate surface area is 105 Å². The number of hydrogen-bond donors (Lipinski definition) is 1. The summed E-state index contributed by atoms with van der Waals surface area (Å²) in [6, 6.07) is 5.73. The molecule has 0 spiro atoms. The third-order valence-electron chi connectivity index (χ3n) is 4.02. The van der Waals surface area contributed by atoms with E-state index in [1.807, 2.05) is 28.8 Å². The van der Waals surface area contributed by atoms with Crippen LogP contribution in [0.25, 0.3) is 5.65 Å². The zero-order chi connectivity index (χ0) is 12.6. The van der Waals surface area contributed by atoms with Gasteiger partial charge in [0.2, 0.25) is 0 Å². The number of carboxylic acid groups (broad SMARTS) is 1. The van der Waals surface area contributed by atoms with E-state index in [4.69, 9.17) is 0 Å². The Morgan fingerprint density at radius 2 is 2.06 bits per heavy atom. The predicted molar refractivity (Wildman–Crippen MR) is 67.6 cm³/mol. The van der Waals surface area contributed by atoms with Crippen LogP contribution in [0, 0.1) is 0 Å². The quantitative estimate of drug-likeness (QED) is 0.883. The van der Waals surface area contributed by atoms with Gasteiger partial charge in [-0.25, -0.2) is 4.98 Å². The van der Waals surface area contributed by atoms with Crippen molar-refractivity contribution in [2.75, 3.05) is 0 Å². The van der Waals surface area contributed by atoms with Gasteiger partial charge in [-0.2, -0.15) is 0 Å². The van der Waals surface area contributed by atoms with Crippen LogP contribution in [-0.4, -0.2) is 20.5 Å². The molecule has 4 heteroatoms. The molecule has 0 bridgehead atoms. The highest BCUT2D eigenvalue weighted by Crippen LogP contribution is 2.39. The summed E-state index contributed by atoms with van der Waals surface area (Å²) >= 11 is 0. The lowest BCUT2D eigenvalue weighted by Gasteiger charge is -2.32. The molecule has 1 fully saturated rings. The van der Waals surface area contributed by atoms with Gasteiger partial charge >= 0.3 is 5.97 Å². The van der Waals surface area contributed by atoms with Crippen molar-refractivity contribution in [1.82, 2.24) is 9.38 Å². The topological polar surface area (TPSA) is 54.6 Å². The van der Waals surface area contributed by atoms with Gasteiger partial charge in [-0.15, -0.1) is 0 Å². The molecule has 0 aliphatic heterocycles. The lowest BCUT2D eigenvalue weighted by atomic mass is 9.72. The summed E-state index contributed by atoms with van der Waals surface area (Å²) < 4.78 is 1.92. The Morgan fingerprint density at radius 1 is 1.28 bits per heavy atom. The molecule has 18 heavy (non-hydrogen) atoms. The van der Waals surface area contributed by atoms with Crippen molar-refractivity contribution < 1.29 is 9.90 Å². The van der Waals surface area contributed by atoms with E-state index in [0.717, 1.165) is 30.6 Å². The van der Waals surface area contributed by atoms with Crippen LogP contribution >= 0.6 is 0 Å². The van der Waals surface area contributed by atoms with Crippen molar-refractivity contribution in [3.63, 3.8) is 0 Å². The van der Waals surface area contributed by atoms with E-state index < -0.39 is 11.4 Å². The van der Waals surface area contributed by atoms with Crippen LogP contribution in [0.2, 0.25) is 0 Å². The van der Waals surface area contributed by atoms with Gasteiger partial charge in [-0.3, -0.25) is 4.79 Å². The van der Waals surface area contributed by atoms with Crippen molar-refractivity contribution in [2.45, 2.75) is 37.5 Å². The summed E-state index contributed by atoms with van der Waals surface area (Å²) in [5, 5.41) is 9.68. The summed E-state index contributed by atoms with van der Waals surface area (Å²) in [7, 11) is 0. The van der Waals surface area contributed by atoms with E-state index >= 15 is 0 Å². The second-order valence-electron chi connectivity index (χ2n) is 5.02. The monoisotopic (exact) mass is 244 g/mol. The molecule has 1 aliphatic carbocycles. The maximum absolute atomic E-state index is 11.8. The number of pyridine rings is 1. The van der Waals surface area contributed by atoms with Crippen LogP contribution in [0.3, 0.4) is 0 Å². The van der Waals surface area contributed by atoms with E-state index in [2.05, 4.69) is 4.98 Å². The van der Waals surface area contributed by atoms with Crippen LogP contribution in [0.1, 0.15) is 37.8 Å². The minimum atomic E-state index is -0.751. The zero-order valence-corrected chi connectivity index (χ0v) is 10.2. The smallest absolute Gasteiger partial charge is 0.315 e. The minimum absolute atomic E-state index is 0.713. The molecule has 0 unspecified atom stereocenters. The number of aromatic nitrogens is 2. The van der Waals surface area contributed by atoms with Crippen LogP contribution in [-0.2, 0) is 10.2 Å². The van der Waals surface area contributed by atoms with E-state index in [0.29, 0.717) is 12.8 Å². The first-order valence-corrected chi connectivity index (χ1v) is 6.40. The molecule has 2 heterocycles. The Balaban J connectivity index is 2.18. The molecule has 1 aliphatic rings. The van der Waals surface area contributed by atoms with Crippen molar-refractivity contribution in [3.05, 3.63) is 36.3 Å². The van der Waals surface area contributed by atoms with E-state index in [9.17, 15) is 9.90 Å². The predicted octanol–water partition coefficient (Wildman–Crippen LogP) is 2.62. The molecule has 3 rings (SSSR count). The molecular weight excluding hydrogens is 228 g/mol. The highest BCUT2D eigenvalue weighted by atomic mass is 16.4. The highest BCUT2D eigenvalue weighted by Gasteiger charge is 2.43. The number of rotatable bonds is 2. The van der Waals surface area contributed by atoms with Crippen molar-refractivity contribution in [1.29, 1.82) is 0 Å². The molecule has 2 aromatic rings. The number of aliphatic carboxylic acids is 1. The van der Waals surface area contributed by atoms with E-state index in [1.165, 1.54) is 0 Å². The first-order chi connectivity index (χ1) is 8.74. The fourth-order valence-electron chi connectivity index (χ4n) is 3.02. The molecule has 0 saturated heterocycles. The van der Waals surface area contributed by atoms with Crippen molar-refractivity contribution in [3.8, 4) is 0 Å². The molecule has 1 saturated carbocycles. The number of hydrogen-bond acceptors (Lipinski definition) is 2. The Morgan fingerprint density at radius 3 is 2.78 bits per heavy atom. The van der Waals surface area contributed by atoms with Gasteiger partial charge in [-0.05, 0) is 25.0 Å². The summed E-state index contributed by atoms with van der Waals surface area (Å²) in [6.45, 7) is 0. The molecule has 4 nitrogen and oxygen atoms in total. The van der Waals surface area contributed by atoms with Crippen LogP contribution in [0.15, 0.2) is 30.6 Å². The van der Waals surface area contributed by atoms with Crippen molar-refractivity contribution >= 4 is 11.6 Å². The minimum Gasteiger partial charge on any atom is -0.481 e. The summed E-state index contributed by atoms with van der Waals surface area (Å²) in [6.07, 6.45) is 8.15. The molecule has 1 N–H and O–H groups in total. The standard InChI is InChI=1S/C14H16N2O2/c17-13(18)14(7-3-1-4-8-14)11-10-15-12-6-2-5-9-16(11)12/h2,5-6,9-10H,1,3-4,7-8H2,(H,17,18). The fourth-order valence-corrected chi connectivity index (χ4v) is 3.02. The first-order valence-electron chi connectivity index (χ1n) is 6.40. The van der Waals surface area contributed by atoms with Crippen molar-refractivity contribution in [2.24, 2.45) is 0 Å². The Hall–Kier alpha value is -1.84. The fraction of sp³-hybridized carbons (Fsp3) is 0.429. The van der Waals surface area contributed by atoms with Gasteiger partial charge in [0.15, 0.2) is 0 Å². The Bertz CT molecular complexity index is 582. The largest absolute Gasteiger partial charge is 0.481 e. The van der Waals surface area contributed by atoms with Crippen LogP contribution in [0.5, 0.6) is 0 Å². The SMILES string of the molecule is O=C(O)C1(c2cnc3ccccn23)CCCCC1. The van der Waals surface area contributed by atoms with Gasteiger partial charge in [0, 0.05) is 6.20 Å². The third-order valence-corrected chi connectivity index (χ3v) is 4.02. The molecule has 0 aromatic carbocycles. The van der Waals surface area contributed by atoms with E-state index in [-0.39, 0.29) is 0 Å². The normalized spacial score (nSPS) is 18.9. The molecular formula is C14H16N2O2. The van der Waals surface area contributed by atoms with Gasteiger partial charge < -0.3 is 9.51 Å². The number of nitrogens with zero attached hydrogens (tertiary/aromatic N) is 2.